The van der Waals surface area contributed by atoms with Crippen molar-refractivity contribution in [1.29, 1.82) is 0 Å². The maximum atomic E-state index is 2.46. The summed E-state index contributed by atoms with van der Waals surface area (Å²) >= 11 is 1.74. The molecule has 0 unspecified atom stereocenters. The van der Waals surface area contributed by atoms with E-state index in [1.807, 2.05) is 0 Å². The summed E-state index contributed by atoms with van der Waals surface area (Å²) in [7, 11) is 0. The average molecular weight is 947 g/mol. The first-order valence-corrected chi connectivity index (χ1v) is 28.5. The van der Waals surface area contributed by atoms with Crippen LogP contribution < -0.4 is 24.8 Å². The second-order valence-corrected chi connectivity index (χ2v) is 27.5. The van der Waals surface area contributed by atoms with E-state index in [0.717, 1.165) is 11.8 Å². The van der Waals surface area contributed by atoms with Crippen LogP contribution in [0.4, 0.5) is 0 Å². The summed E-state index contributed by atoms with van der Waals surface area (Å²) in [6, 6.07) is 54.9. The molecule has 2 aliphatic rings. The Kier molecular flexibility index (Phi) is 16.7. The number of halogens is 2. The van der Waals surface area contributed by atoms with E-state index in [1.54, 1.807) is 23.3 Å². The number of hydrogen-bond donors (Lipinski definition) is 0. The van der Waals surface area contributed by atoms with E-state index in [4.69, 9.17) is 0 Å². The maximum absolute atomic E-state index is 2.46. The van der Waals surface area contributed by atoms with Crippen LogP contribution in [-0.4, -0.2) is 5.43 Å². The summed E-state index contributed by atoms with van der Waals surface area (Å²) < 4.78 is 0. The molecular weight excluding hydrogens is 887 g/mol. The molecule has 10 rings (SSSR count). The largest absolute Gasteiger partial charge is 1.00 e. The summed E-state index contributed by atoms with van der Waals surface area (Å²) in [6.07, 6.45) is 10.9. The summed E-state index contributed by atoms with van der Waals surface area (Å²) in [5, 5.41) is 5.60. The molecule has 2 aliphatic carbocycles. The molecule has 0 radical (unpaired) electrons. The molecule has 8 aromatic rings. The Morgan fingerprint density at radius 2 is 0.694 bits per heavy atom. The Balaban J connectivity index is 0.000000185. The fourth-order valence-corrected chi connectivity index (χ4v) is 8.96. The molecule has 2 fully saturated rings. The minimum atomic E-state index is 0. The van der Waals surface area contributed by atoms with E-state index in [9.17, 15) is 0 Å². The summed E-state index contributed by atoms with van der Waals surface area (Å²) in [5.74, 6) is 1.78. The average Bonchev–Trinajstić information content (AvgIpc) is 3.84. The Morgan fingerprint density at radius 3 is 0.952 bits per heavy atom. The molecule has 0 atom stereocenters. The standard InChI is InChI=1S/2C28H27.C2H6Si.2ClH.Zr/c2*1-19-6-10-23(11-7-19)25-14-15-26(24-12-8-20(2)9-13-24)28-18-22(17-27(25)28)16-21-4-3-5-21;1-3-2;;;/h2*6-15,17-18,21H,3-5,16H2,1-2H3;1-2H3;2*1H;/q2*-1;;;;+2/p-2. The van der Waals surface area contributed by atoms with Gasteiger partial charge < -0.3 is 24.8 Å². The van der Waals surface area contributed by atoms with E-state index in [1.165, 1.54) is 151 Å². The van der Waals surface area contributed by atoms with Crippen molar-refractivity contribution >= 4 is 27.0 Å². The van der Waals surface area contributed by atoms with Crippen molar-refractivity contribution in [2.75, 3.05) is 0 Å². The zero-order chi connectivity index (χ0) is 41.8. The van der Waals surface area contributed by atoms with Gasteiger partial charge in [-0.3, -0.25) is 0 Å². The van der Waals surface area contributed by atoms with Gasteiger partial charge in [-0.05, 0) is 63.5 Å². The molecule has 0 spiro atoms. The molecule has 316 valence electrons. The van der Waals surface area contributed by atoms with Gasteiger partial charge in [-0.1, -0.05) is 215 Å². The molecule has 0 aromatic heterocycles. The van der Waals surface area contributed by atoms with Gasteiger partial charge in [0.15, 0.2) is 0 Å². The van der Waals surface area contributed by atoms with Crippen LogP contribution in [0.3, 0.4) is 0 Å². The van der Waals surface area contributed by atoms with Crippen molar-refractivity contribution in [2.45, 2.75) is 92.2 Å². The van der Waals surface area contributed by atoms with E-state index in [-0.39, 0.29) is 30.2 Å². The molecular formula is C58H60Cl2SiZr-2. The smallest absolute Gasteiger partial charge is 0.0279 e. The van der Waals surface area contributed by atoms with E-state index >= 15 is 0 Å². The van der Waals surface area contributed by atoms with E-state index in [2.05, 4.69) is 186 Å². The van der Waals surface area contributed by atoms with Gasteiger partial charge in [0.2, 0.25) is 0 Å². The topological polar surface area (TPSA) is 0 Å². The fourth-order valence-electron chi connectivity index (χ4n) is 8.96. The van der Waals surface area contributed by atoms with Crippen LogP contribution >= 0.6 is 0 Å². The van der Waals surface area contributed by atoms with Crippen LogP contribution in [0.15, 0.2) is 146 Å². The summed E-state index contributed by atoms with van der Waals surface area (Å²) in [6.45, 7) is 13.2. The maximum Gasteiger partial charge on any atom is -0.0279 e. The van der Waals surface area contributed by atoms with Crippen LogP contribution in [0.1, 0.15) is 71.9 Å². The monoisotopic (exact) mass is 944 g/mol. The molecule has 0 saturated heterocycles. The molecule has 0 amide bonds. The van der Waals surface area contributed by atoms with E-state index < -0.39 is 0 Å². The van der Waals surface area contributed by atoms with Gasteiger partial charge in [-0.2, -0.15) is 12.1 Å². The Hall–Kier alpha value is -3.78. The van der Waals surface area contributed by atoms with Crippen LogP contribution in [0.2, 0.25) is 13.1 Å². The van der Waals surface area contributed by atoms with Gasteiger partial charge in [0, 0.05) is 0 Å². The third kappa shape index (κ3) is 11.5. The zero-order valence-corrected chi connectivity index (χ0v) is 42.4. The number of aryl methyl sites for hydroxylation is 4. The summed E-state index contributed by atoms with van der Waals surface area (Å²) in [4.78, 5) is 0. The number of fused-ring (bicyclic) bond motifs is 2. The number of rotatable bonds is 8. The van der Waals surface area contributed by atoms with Crippen molar-refractivity contribution in [2.24, 2.45) is 11.8 Å². The molecule has 4 heteroatoms. The van der Waals surface area contributed by atoms with Crippen molar-refractivity contribution in [1.82, 2.24) is 0 Å². The first-order chi connectivity index (χ1) is 29.1. The Labute approximate surface area is 399 Å². The van der Waals surface area contributed by atoms with Crippen molar-refractivity contribution in [3.63, 3.8) is 0 Å². The molecule has 0 N–H and O–H groups in total. The minimum absolute atomic E-state index is 0. The SMILES string of the molecule is C[Si](C)=[Zr+2].Cc1ccc(-c2ccc(-c3ccc(C)cc3)c3[cH-]c(CC4CCC4)cc23)cc1.Cc1ccc(-c2ccc(-c3ccc(C)cc3)c3[cH-]c(CC4CCC4)cc23)cc1.[Cl-].[Cl-]. The fraction of sp³-hybridized carbons (Fsp3) is 0.276. The van der Waals surface area contributed by atoms with Gasteiger partial charge in [0.25, 0.3) is 0 Å². The van der Waals surface area contributed by atoms with Crippen molar-refractivity contribution in [3.8, 4) is 44.5 Å². The normalized spacial score (nSPS) is 13.4. The third-order valence-electron chi connectivity index (χ3n) is 12.8. The number of hydrogen-bond acceptors (Lipinski definition) is 0. The van der Waals surface area contributed by atoms with Gasteiger partial charge in [0.05, 0.1) is 0 Å². The molecule has 62 heavy (non-hydrogen) atoms. The van der Waals surface area contributed by atoms with Crippen LogP contribution in [0, 0.1) is 39.5 Å². The molecule has 0 nitrogen and oxygen atoms in total. The van der Waals surface area contributed by atoms with Crippen LogP contribution in [-0.2, 0) is 36.2 Å². The first-order valence-electron chi connectivity index (χ1n) is 22.3. The van der Waals surface area contributed by atoms with Crippen molar-refractivity contribution in [3.05, 3.63) is 179 Å². The molecule has 0 bridgehead atoms. The molecule has 8 aromatic carbocycles. The molecule has 0 aliphatic heterocycles. The van der Waals surface area contributed by atoms with Crippen molar-refractivity contribution < 1.29 is 48.1 Å². The van der Waals surface area contributed by atoms with Crippen LogP contribution in [0.5, 0.6) is 0 Å². The molecule has 0 heterocycles. The Bertz CT molecular complexity index is 2350. The van der Waals surface area contributed by atoms with Gasteiger partial charge in [-0.15, -0.1) is 44.8 Å². The van der Waals surface area contributed by atoms with Gasteiger partial charge in [-0.25, -0.2) is 0 Å². The Morgan fingerprint density at radius 1 is 0.435 bits per heavy atom. The van der Waals surface area contributed by atoms with Gasteiger partial charge >= 0.3 is 41.9 Å². The van der Waals surface area contributed by atoms with E-state index in [0.29, 0.717) is 0 Å². The first kappa shape index (κ1) is 47.7. The minimum Gasteiger partial charge on any atom is -1.00 e. The second kappa shape index (κ2) is 21.7. The predicted molar refractivity (Wildman–Crippen MR) is 259 cm³/mol. The van der Waals surface area contributed by atoms with Gasteiger partial charge in [0.1, 0.15) is 0 Å². The third-order valence-corrected chi connectivity index (χ3v) is 12.8. The quantitative estimate of drug-likeness (QED) is 0.105. The zero-order valence-electron chi connectivity index (χ0n) is 37.4. The second-order valence-electron chi connectivity index (χ2n) is 18.2. The number of benzene rings is 6. The van der Waals surface area contributed by atoms with Crippen LogP contribution in [0.25, 0.3) is 66.1 Å². The predicted octanol–water partition coefficient (Wildman–Crippen LogP) is 10.5. The molecule has 2 saturated carbocycles. The summed E-state index contributed by atoms with van der Waals surface area (Å²) in [5.41, 5.74) is 19.1.